The van der Waals surface area contributed by atoms with Crippen molar-refractivity contribution >= 4 is 87.1 Å². The van der Waals surface area contributed by atoms with Crippen molar-refractivity contribution in [2.75, 3.05) is 28.7 Å². The predicted molar refractivity (Wildman–Crippen MR) is 175 cm³/mol. The number of nitrogens with zero attached hydrogens (tertiary/aromatic N) is 5. The van der Waals surface area contributed by atoms with Gasteiger partial charge in [-0.1, -0.05) is 23.5 Å². The van der Waals surface area contributed by atoms with Gasteiger partial charge in [0.25, 0.3) is 11.8 Å². The minimum absolute atomic E-state index is 0.0171. The number of amides is 2. The largest absolute Gasteiger partial charge is 0.542 e. The quantitative estimate of drug-likeness (QED) is 0.0383. The summed E-state index contributed by atoms with van der Waals surface area (Å²) in [6.45, 7) is 5.15. The minimum atomic E-state index is -5.19. The molecule has 2 aliphatic heterocycles. The first-order valence-corrected chi connectivity index (χ1v) is 17.4. The Morgan fingerprint density at radius 2 is 1.86 bits per heavy atom. The predicted octanol–water partition coefficient (Wildman–Crippen LogP) is -0.214. The van der Waals surface area contributed by atoms with Gasteiger partial charge in [0.15, 0.2) is 10.8 Å². The van der Waals surface area contributed by atoms with Gasteiger partial charge in [-0.25, -0.2) is 19.1 Å². The molecule has 2 aliphatic rings. The molecule has 2 aromatic rings. The zero-order valence-corrected chi connectivity index (χ0v) is 29.4. The Morgan fingerprint density at radius 1 is 1.22 bits per heavy atom. The van der Waals surface area contributed by atoms with Crippen molar-refractivity contribution in [3.8, 4) is 0 Å². The molecule has 2 aromatic heterocycles. The number of halogens is 3. The fraction of sp³-hybridized carbons (Fsp3) is 0.444. The van der Waals surface area contributed by atoms with Crippen molar-refractivity contribution in [1.82, 2.24) is 20.2 Å². The third-order valence-electron chi connectivity index (χ3n) is 6.80. The Hall–Kier alpha value is -4.84. The summed E-state index contributed by atoms with van der Waals surface area (Å²) in [7, 11) is 0. The first-order chi connectivity index (χ1) is 23.7. The van der Waals surface area contributed by atoms with Crippen LogP contribution in [0.4, 0.5) is 29.9 Å². The lowest BCUT2D eigenvalue weighted by Crippen LogP contribution is -2.71. The summed E-state index contributed by atoms with van der Waals surface area (Å²) in [4.78, 5) is 73.8. The number of nitrogen functional groups attached to an aromatic ring is 3. The number of nitrogens with two attached hydrogens (primary N) is 3. The maximum absolute atomic E-state index is 13.3. The van der Waals surface area contributed by atoms with E-state index < -0.39 is 58.6 Å². The number of oxime groups is 1. The molecule has 2 amide bonds. The SMILES string of the molecule is CCCC[n+]1c(N)cc(N)nc1SCC1=C(C(=O)O)N2C(=O)C(NC(=O)/C(=N\OC(C)(C)C(=O)O)c3csc(N)n3)C2SC1.O=C([O-])C(F)(F)F. The molecular formula is C27H32F3N9O9S3. The average molecular weight is 780 g/mol. The van der Waals surface area contributed by atoms with Crippen LogP contribution in [0.15, 0.2) is 33.0 Å². The molecular weight excluding hydrogens is 748 g/mol. The lowest BCUT2D eigenvalue weighted by molar-refractivity contribution is -0.723. The number of carbonyl (C=O) groups is 5. The first-order valence-electron chi connectivity index (χ1n) is 14.5. The summed E-state index contributed by atoms with van der Waals surface area (Å²) in [6.07, 6.45) is -3.41. The summed E-state index contributed by atoms with van der Waals surface area (Å²) < 4.78 is 33.4. The number of carbonyl (C=O) groups excluding carboxylic acids is 3. The summed E-state index contributed by atoms with van der Waals surface area (Å²) in [6, 6.07) is 0.477. The number of β-lactam (4-membered cyclic amide) rings is 1. The molecule has 9 N–H and O–H groups in total. The van der Waals surface area contributed by atoms with E-state index in [1.54, 1.807) is 6.07 Å². The van der Waals surface area contributed by atoms with Crippen LogP contribution in [0.2, 0.25) is 0 Å². The van der Waals surface area contributed by atoms with Crippen LogP contribution < -0.4 is 32.2 Å². The highest BCUT2D eigenvalue weighted by Crippen LogP contribution is 2.41. The fourth-order valence-corrected chi connectivity index (χ4v) is 7.24. The number of carboxylic acids is 3. The van der Waals surface area contributed by atoms with Gasteiger partial charge in [0.05, 0.1) is 12.6 Å². The van der Waals surface area contributed by atoms with Crippen molar-refractivity contribution < 1.29 is 61.9 Å². The molecule has 0 aliphatic carbocycles. The average Bonchev–Trinajstić information content (AvgIpc) is 3.46. The van der Waals surface area contributed by atoms with Crippen LogP contribution >= 0.6 is 34.9 Å². The molecule has 0 radical (unpaired) electrons. The van der Waals surface area contributed by atoms with Gasteiger partial charge in [0.1, 0.15) is 28.8 Å². The van der Waals surface area contributed by atoms with Gasteiger partial charge in [-0.3, -0.25) is 14.5 Å². The van der Waals surface area contributed by atoms with Gasteiger partial charge in [0, 0.05) is 16.9 Å². The molecule has 51 heavy (non-hydrogen) atoms. The minimum Gasteiger partial charge on any atom is -0.542 e. The first kappa shape index (κ1) is 40.6. The van der Waals surface area contributed by atoms with Crippen LogP contribution in [0, 0.1) is 0 Å². The summed E-state index contributed by atoms with van der Waals surface area (Å²) in [5.74, 6) is -5.97. The number of unbranched alkanes of at least 4 members (excludes halogenated alkanes) is 1. The monoisotopic (exact) mass is 779 g/mol. The highest BCUT2D eigenvalue weighted by molar-refractivity contribution is 8.01. The van der Waals surface area contributed by atoms with Gasteiger partial charge >= 0.3 is 23.3 Å². The Kier molecular flexibility index (Phi) is 13.1. The molecule has 24 heteroatoms. The molecule has 4 rings (SSSR count). The lowest BCUT2D eigenvalue weighted by atomic mass is 10.0. The number of alkyl halides is 3. The maximum atomic E-state index is 13.3. The third kappa shape index (κ3) is 9.90. The fourth-order valence-electron chi connectivity index (χ4n) is 4.15. The van der Waals surface area contributed by atoms with Crippen LogP contribution in [0.3, 0.4) is 0 Å². The van der Waals surface area contributed by atoms with Gasteiger partial charge in [-0.2, -0.15) is 13.2 Å². The molecule has 4 heterocycles. The van der Waals surface area contributed by atoms with Gasteiger partial charge < -0.3 is 47.5 Å². The number of fused-ring (bicyclic) bond motifs is 1. The van der Waals surface area contributed by atoms with E-state index in [-0.39, 0.29) is 33.8 Å². The van der Waals surface area contributed by atoms with Crippen LogP contribution in [-0.2, 0) is 35.4 Å². The van der Waals surface area contributed by atoms with Crippen molar-refractivity contribution in [3.63, 3.8) is 0 Å². The number of anilines is 3. The summed E-state index contributed by atoms with van der Waals surface area (Å²) in [5, 5.41) is 35.9. The highest BCUT2D eigenvalue weighted by Gasteiger charge is 2.54. The van der Waals surface area contributed by atoms with Gasteiger partial charge in [-0.05, 0) is 37.6 Å². The molecule has 18 nitrogen and oxygen atoms in total. The second-order valence-corrected chi connectivity index (χ2v) is 13.9. The Balaban J connectivity index is 0.000000908. The van der Waals surface area contributed by atoms with E-state index in [2.05, 4.69) is 20.4 Å². The summed E-state index contributed by atoms with van der Waals surface area (Å²) in [5.41, 5.74) is 16.0. The Bertz CT molecular complexity index is 1770. The molecule has 0 aromatic carbocycles. The number of thiazole rings is 1. The molecule has 0 spiro atoms. The Labute approximate surface area is 299 Å². The number of hydrogen-bond acceptors (Lipinski definition) is 16. The van der Waals surface area contributed by atoms with E-state index >= 15 is 0 Å². The lowest BCUT2D eigenvalue weighted by Gasteiger charge is -2.49. The summed E-state index contributed by atoms with van der Waals surface area (Å²) >= 11 is 3.58. The molecule has 1 saturated heterocycles. The maximum Gasteiger partial charge on any atom is 0.430 e. The van der Waals surface area contributed by atoms with Gasteiger partial charge in [0.2, 0.25) is 17.2 Å². The number of thioether (sulfide) groups is 2. The van der Waals surface area contributed by atoms with E-state index in [1.165, 1.54) is 42.8 Å². The van der Waals surface area contributed by atoms with Crippen LogP contribution in [-0.4, -0.2) is 95.2 Å². The topological polar surface area (TPSA) is 293 Å². The van der Waals surface area contributed by atoms with E-state index in [4.69, 9.17) is 31.9 Å². The van der Waals surface area contributed by atoms with Crippen LogP contribution in [0.25, 0.3) is 0 Å². The van der Waals surface area contributed by atoms with Crippen LogP contribution in [0.5, 0.6) is 0 Å². The van der Waals surface area contributed by atoms with E-state index in [1.807, 2.05) is 11.5 Å². The van der Waals surface area contributed by atoms with Crippen LogP contribution in [0.1, 0.15) is 39.3 Å². The molecule has 0 bridgehead atoms. The highest BCUT2D eigenvalue weighted by atomic mass is 32.2. The third-order valence-corrected chi connectivity index (χ3v) is 9.88. The van der Waals surface area contributed by atoms with Crippen molar-refractivity contribution in [2.45, 2.75) is 68.5 Å². The van der Waals surface area contributed by atoms with Crippen molar-refractivity contribution in [1.29, 1.82) is 0 Å². The number of aromatic nitrogens is 3. The molecule has 2 unspecified atom stereocenters. The smallest absolute Gasteiger partial charge is 0.430 e. The van der Waals surface area contributed by atoms with Crippen molar-refractivity contribution in [3.05, 3.63) is 28.4 Å². The normalized spacial score (nSPS) is 17.5. The molecule has 0 saturated carbocycles. The standard InChI is InChI=1S/C25H31N9O7S3.C2HF3O2/c1-4-5-6-33-14(27)7-13(26)30-24(33)44-9-11-8-42-20-16(19(36)34(20)17(11)21(37)38)31-18(35)15(12-10-43-23(28)29-12)32-41-25(2,3)22(39)40;3-2(4,5)1(6)7/h7,10,16,20H,4-6,8-9H2,1-3H3,(H8,26,27,28,29,31,35,37,38,39,40);(H,6,7)/b32-15-;. The number of nitrogens with one attached hydrogen (secondary N) is 1. The zero-order chi connectivity index (χ0) is 38.4. The van der Waals surface area contributed by atoms with E-state index in [9.17, 15) is 42.6 Å². The molecule has 278 valence electrons. The van der Waals surface area contributed by atoms with E-state index in [0.717, 1.165) is 29.1 Å². The number of aliphatic carboxylic acids is 3. The zero-order valence-electron chi connectivity index (χ0n) is 26.9. The number of hydrogen-bond donors (Lipinski definition) is 6. The van der Waals surface area contributed by atoms with E-state index in [0.29, 0.717) is 23.1 Å². The number of rotatable bonds is 13. The second kappa shape index (κ2) is 16.5. The number of carboxylic acid groups (broad SMARTS) is 3. The second-order valence-electron chi connectivity index (χ2n) is 11.0. The van der Waals surface area contributed by atoms with Gasteiger partial charge in [-0.15, -0.1) is 23.1 Å². The molecule has 2 atom stereocenters. The Morgan fingerprint density at radius 3 is 2.39 bits per heavy atom. The van der Waals surface area contributed by atoms with Crippen molar-refractivity contribution in [2.24, 2.45) is 5.16 Å². The molecule has 1 fully saturated rings.